The van der Waals surface area contributed by atoms with Crippen LogP contribution >= 0.6 is 0 Å². The van der Waals surface area contributed by atoms with Crippen LogP contribution in [0.5, 0.6) is 5.75 Å². The molecular weight excluding hydrogens is 298 g/mol. The minimum Gasteiger partial charge on any atom is -0.496 e. The van der Waals surface area contributed by atoms with Crippen molar-refractivity contribution in [2.45, 2.75) is 39.0 Å². The van der Waals surface area contributed by atoms with E-state index >= 15 is 0 Å². The summed E-state index contributed by atoms with van der Waals surface area (Å²) in [6, 6.07) is 17.1. The number of benzene rings is 2. The predicted molar refractivity (Wildman–Crippen MR) is 97.3 cm³/mol. The lowest BCUT2D eigenvalue weighted by atomic mass is 10.1. The van der Waals surface area contributed by atoms with E-state index in [2.05, 4.69) is 48.2 Å². The fourth-order valence-corrected chi connectivity index (χ4v) is 3.29. The summed E-state index contributed by atoms with van der Waals surface area (Å²) in [5, 5.41) is 0. The Morgan fingerprint density at radius 1 is 1.08 bits per heavy atom. The van der Waals surface area contributed by atoms with Gasteiger partial charge in [0.05, 0.1) is 13.2 Å². The quantitative estimate of drug-likeness (QED) is 0.762. The molecule has 1 aliphatic heterocycles. The van der Waals surface area contributed by atoms with Gasteiger partial charge < -0.3 is 9.47 Å². The van der Waals surface area contributed by atoms with E-state index in [1.54, 1.807) is 7.11 Å². The first-order valence-corrected chi connectivity index (χ1v) is 8.76. The van der Waals surface area contributed by atoms with Gasteiger partial charge in [-0.3, -0.25) is 4.90 Å². The average molecular weight is 325 g/mol. The second-order valence-electron chi connectivity index (χ2n) is 6.60. The molecule has 0 radical (unpaired) electrons. The van der Waals surface area contributed by atoms with Gasteiger partial charge in [0.25, 0.3) is 0 Å². The summed E-state index contributed by atoms with van der Waals surface area (Å²) >= 11 is 0. The monoisotopic (exact) mass is 325 g/mol. The molecule has 0 saturated carbocycles. The second-order valence-corrected chi connectivity index (χ2v) is 6.60. The first-order chi connectivity index (χ1) is 11.7. The van der Waals surface area contributed by atoms with E-state index < -0.39 is 0 Å². The first kappa shape index (κ1) is 17.0. The van der Waals surface area contributed by atoms with Gasteiger partial charge in [-0.05, 0) is 31.4 Å². The lowest BCUT2D eigenvalue weighted by molar-refractivity contribution is 0.0676. The van der Waals surface area contributed by atoms with Crippen LogP contribution in [0, 0.1) is 6.92 Å². The molecule has 3 rings (SSSR count). The molecule has 0 N–H and O–H groups in total. The van der Waals surface area contributed by atoms with Crippen molar-refractivity contribution in [1.82, 2.24) is 4.90 Å². The highest BCUT2D eigenvalue weighted by atomic mass is 16.5. The normalized spacial score (nSPS) is 17.4. The molecule has 1 fully saturated rings. The zero-order valence-electron chi connectivity index (χ0n) is 14.7. The van der Waals surface area contributed by atoms with E-state index in [9.17, 15) is 0 Å². The number of para-hydroxylation sites is 1. The van der Waals surface area contributed by atoms with Crippen molar-refractivity contribution in [2.24, 2.45) is 0 Å². The molecule has 0 amide bonds. The minimum absolute atomic E-state index is 0.352. The molecule has 1 atom stereocenters. The third-order valence-corrected chi connectivity index (χ3v) is 4.60. The van der Waals surface area contributed by atoms with Gasteiger partial charge in [-0.25, -0.2) is 0 Å². The van der Waals surface area contributed by atoms with Crippen LogP contribution in [0.15, 0.2) is 48.5 Å². The Labute approximate surface area is 145 Å². The molecule has 3 heteroatoms. The molecule has 0 aromatic heterocycles. The summed E-state index contributed by atoms with van der Waals surface area (Å²) in [5.41, 5.74) is 3.87. The fourth-order valence-electron chi connectivity index (χ4n) is 3.29. The van der Waals surface area contributed by atoms with E-state index in [1.165, 1.54) is 23.1 Å². The van der Waals surface area contributed by atoms with Crippen LogP contribution in [-0.2, 0) is 17.8 Å². The van der Waals surface area contributed by atoms with Gasteiger partial charge in [-0.1, -0.05) is 48.0 Å². The van der Waals surface area contributed by atoms with Crippen molar-refractivity contribution in [2.75, 3.05) is 20.3 Å². The van der Waals surface area contributed by atoms with Gasteiger partial charge in [0, 0.05) is 31.8 Å². The third-order valence-electron chi connectivity index (χ3n) is 4.60. The molecule has 1 heterocycles. The summed E-state index contributed by atoms with van der Waals surface area (Å²) in [6.45, 7) is 5.79. The molecule has 128 valence electrons. The number of aryl methyl sites for hydroxylation is 1. The van der Waals surface area contributed by atoms with E-state index in [-0.39, 0.29) is 0 Å². The molecule has 24 heavy (non-hydrogen) atoms. The second kappa shape index (κ2) is 8.32. The molecule has 1 saturated heterocycles. The molecule has 3 nitrogen and oxygen atoms in total. The number of methoxy groups -OCH3 is 1. The van der Waals surface area contributed by atoms with Crippen LogP contribution in [0.25, 0.3) is 0 Å². The largest absolute Gasteiger partial charge is 0.496 e. The van der Waals surface area contributed by atoms with Crippen LogP contribution in [0.1, 0.15) is 29.5 Å². The third kappa shape index (κ3) is 4.59. The number of nitrogens with zero attached hydrogens (tertiary/aromatic N) is 1. The summed E-state index contributed by atoms with van der Waals surface area (Å²) in [7, 11) is 1.74. The first-order valence-electron chi connectivity index (χ1n) is 8.76. The molecule has 0 bridgehead atoms. The van der Waals surface area contributed by atoms with Crippen LogP contribution in [0.4, 0.5) is 0 Å². The van der Waals surface area contributed by atoms with Crippen molar-refractivity contribution in [3.05, 3.63) is 65.2 Å². The Morgan fingerprint density at radius 3 is 2.58 bits per heavy atom. The zero-order valence-corrected chi connectivity index (χ0v) is 14.7. The van der Waals surface area contributed by atoms with Gasteiger partial charge in [0.2, 0.25) is 0 Å². The number of rotatable bonds is 7. The molecule has 0 aliphatic carbocycles. The Hall–Kier alpha value is -1.84. The van der Waals surface area contributed by atoms with Gasteiger partial charge in [0.15, 0.2) is 0 Å². The maximum absolute atomic E-state index is 5.86. The maximum atomic E-state index is 5.86. The highest BCUT2D eigenvalue weighted by Gasteiger charge is 2.20. The topological polar surface area (TPSA) is 21.7 Å². The van der Waals surface area contributed by atoms with Crippen molar-refractivity contribution < 1.29 is 9.47 Å². The fraction of sp³-hybridized carbons (Fsp3) is 0.429. The van der Waals surface area contributed by atoms with Gasteiger partial charge in [0.1, 0.15) is 5.75 Å². The molecule has 2 aromatic rings. The van der Waals surface area contributed by atoms with Crippen LogP contribution in [0.2, 0.25) is 0 Å². The van der Waals surface area contributed by atoms with Gasteiger partial charge in [-0.15, -0.1) is 0 Å². The molecule has 1 unspecified atom stereocenters. The van der Waals surface area contributed by atoms with E-state index in [4.69, 9.17) is 9.47 Å². The highest BCUT2D eigenvalue weighted by Crippen LogP contribution is 2.22. The standard InChI is InChI=1S/C21H27NO2/c1-17-9-11-18(12-10-17)14-22(16-20-7-5-13-24-20)15-19-6-3-4-8-21(19)23-2/h3-4,6,8-12,20H,5,7,13-16H2,1-2H3. The molecule has 2 aromatic carbocycles. The molecular formula is C21H27NO2. The van der Waals surface area contributed by atoms with Crippen molar-refractivity contribution in [3.63, 3.8) is 0 Å². The van der Waals surface area contributed by atoms with E-state index in [1.807, 2.05) is 12.1 Å². The van der Waals surface area contributed by atoms with Gasteiger partial charge >= 0.3 is 0 Å². The summed E-state index contributed by atoms with van der Waals surface area (Å²) in [6.07, 6.45) is 2.69. The summed E-state index contributed by atoms with van der Waals surface area (Å²) in [4.78, 5) is 2.47. The van der Waals surface area contributed by atoms with E-state index in [0.29, 0.717) is 6.10 Å². The van der Waals surface area contributed by atoms with Gasteiger partial charge in [-0.2, -0.15) is 0 Å². The van der Waals surface area contributed by atoms with Crippen LogP contribution in [-0.4, -0.2) is 31.3 Å². The Balaban J connectivity index is 1.74. The lowest BCUT2D eigenvalue weighted by Crippen LogP contribution is -2.31. The van der Waals surface area contributed by atoms with Crippen LogP contribution in [0.3, 0.4) is 0 Å². The number of hydrogen-bond donors (Lipinski definition) is 0. The Bertz CT molecular complexity index is 633. The highest BCUT2D eigenvalue weighted by molar-refractivity contribution is 5.33. The number of ether oxygens (including phenoxy) is 2. The summed E-state index contributed by atoms with van der Waals surface area (Å²) in [5.74, 6) is 0.957. The average Bonchev–Trinajstić information content (AvgIpc) is 3.10. The Kier molecular flexibility index (Phi) is 5.89. The van der Waals surface area contributed by atoms with Crippen molar-refractivity contribution in [1.29, 1.82) is 0 Å². The van der Waals surface area contributed by atoms with Crippen LogP contribution < -0.4 is 4.74 Å². The number of hydrogen-bond acceptors (Lipinski definition) is 3. The molecule has 1 aliphatic rings. The van der Waals surface area contributed by atoms with Crippen molar-refractivity contribution in [3.8, 4) is 5.75 Å². The summed E-state index contributed by atoms with van der Waals surface area (Å²) < 4.78 is 11.4. The maximum Gasteiger partial charge on any atom is 0.123 e. The zero-order chi connectivity index (χ0) is 16.8. The lowest BCUT2D eigenvalue weighted by Gasteiger charge is -2.26. The van der Waals surface area contributed by atoms with E-state index in [0.717, 1.165) is 38.4 Å². The van der Waals surface area contributed by atoms with Crippen molar-refractivity contribution >= 4 is 0 Å². The Morgan fingerprint density at radius 2 is 1.88 bits per heavy atom. The minimum atomic E-state index is 0.352. The SMILES string of the molecule is COc1ccccc1CN(Cc1ccc(C)cc1)CC1CCCO1. The predicted octanol–water partition coefficient (Wildman–Crippen LogP) is 4.18. The smallest absolute Gasteiger partial charge is 0.123 e. The molecule has 0 spiro atoms.